The Kier molecular flexibility index (Phi) is 7.37. The van der Waals surface area contributed by atoms with Crippen LogP contribution in [-0.4, -0.2) is 69.6 Å². The van der Waals surface area contributed by atoms with Gasteiger partial charge in [0.1, 0.15) is 11.6 Å². The Morgan fingerprint density at radius 3 is 2.50 bits per heavy atom. The van der Waals surface area contributed by atoms with Crippen molar-refractivity contribution in [3.8, 4) is 0 Å². The smallest absolute Gasteiger partial charge is 0.312 e. The molecule has 202 valence electrons. The standard InChI is InChI=1S/C29H33BrN2O6/c1-4-37-28(36)21-22-27(35)32(19(15-33)13-18-11-6-5-7-12-18)25(29(22)14-20(30)24(21)38-29)26(34)31-23-16(2)9-8-10-17(23)3/h5-12,19-22,24-25,33H,4,13-15H2,1-3H3,(H,31,34)/t19-,20?,21-,22+,24-,25?,29?/m1/s1. The highest BCUT2D eigenvalue weighted by molar-refractivity contribution is 9.09. The van der Waals surface area contributed by atoms with Crippen LogP contribution in [0.25, 0.3) is 0 Å². The number of anilines is 1. The molecule has 0 radical (unpaired) electrons. The van der Waals surface area contributed by atoms with Crippen molar-refractivity contribution in [2.45, 2.75) is 62.2 Å². The van der Waals surface area contributed by atoms with Gasteiger partial charge in [-0.05, 0) is 50.3 Å². The monoisotopic (exact) mass is 584 g/mol. The van der Waals surface area contributed by atoms with Crippen molar-refractivity contribution in [2.75, 3.05) is 18.5 Å². The van der Waals surface area contributed by atoms with Crippen LogP contribution in [0.2, 0.25) is 0 Å². The van der Waals surface area contributed by atoms with Crippen LogP contribution in [0.1, 0.15) is 30.0 Å². The van der Waals surface area contributed by atoms with Gasteiger partial charge in [0.15, 0.2) is 0 Å². The molecule has 3 unspecified atom stereocenters. The second kappa shape index (κ2) is 10.4. The Balaban J connectivity index is 1.58. The van der Waals surface area contributed by atoms with Crippen LogP contribution in [0, 0.1) is 25.7 Å². The van der Waals surface area contributed by atoms with Gasteiger partial charge in [0.05, 0.1) is 37.2 Å². The predicted molar refractivity (Wildman–Crippen MR) is 145 cm³/mol. The second-order valence-corrected chi connectivity index (χ2v) is 11.6. The highest BCUT2D eigenvalue weighted by atomic mass is 79.9. The third-order valence-corrected chi connectivity index (χ3v) is 9.03. The lowest BCUT2D eigenvalue weighted by molar-refractivity contribution is -0.155. The van der Waals surface area contributed by atoms with Gasteiger partial charge in [-0.2, -0.15) is 0 Å². The fourth-order valence-corrected chi connectivity index (χ4v) is 7.55. The van der Waals surface area contributed by atoms with Crippen LogP contribution in [0.15, 0.2) is 48.5 Å². The zero-order valence-corrected chi connectivity index (χ0v) is 23.3. The van der Waals surface area contributed by atoms with Gasteiger partial charge in [-0.3, -0.25) is 14.4 Å². The lowest BCUT2D eigenvalue weighted by Crippen LogP contribution is -2.57. The van der Waals surface area contributed by atoms with Crippen molar-refractivity contribution in [2.24, 2.45) is 11.8 Å². The minimum atomic E-state index is -1.22. The number of rotatable bonds is 8. The molecule has 2 N–H and O–H groups in total. The van der Waals surface area contributed by atoms with E-state index in [2.05, 4.69) is 21.2 Å². The molecule has 38 heavy (non-hydrogen) atoms. The number of fused-ring (bicyclic) bond motifs is 1. The van der Waals surface area contributed by atoms with Gasteiger partial charge in [-0.25, -0.2) is 0 Å². The first-order chi connectivity index (χ1) is 18.2. The molecule has 8 nitrogen and oxygen atoms in total. The Labute approximate surface area is 230 Å². The summed E-state index contributed by atoms with van der Waals surface area (Å²) in [5.74, 6) is -2.96. The number of aryl methyl sites for hydroxylation is 2. The van der Waals surface area contributed by atoms with Gasteiger partial charge in [0.25, 0.3) is 0 Å². The molecule has 3 heterocycles. The molecule has 3 aliphatic heterocycles. The first-order valence-electron chi connectivity index (χ1n) is 13.1. The first-order valence-corrected chi connectivity index (χ1v) is 14.0. The Morgan fingerprint density at radius 2 is 1.87 bits per heavy atom. The number of aliphatic hydroxyl groups excluding tert-OH is 1. The van der Waals surface area contributed by atoms with E-state index < -0.39 is 47.5 Å². The number of nitrogens with one attached hydrogen (secondary N) is 1. The quantitative estimate of drug-likeness (QED) is 0.365. The zero-order chi connectivity index (χ0) is 27.2. The zero-order valence-electron chi connectivity index (χ0n) is 21.7. The topological polar surface area (TPSA) is 105 Å². The van der Waals surface area contributed by atoms with Crippen molar-refractivity contribution in [3.05, 3.63) is 65.2 Å². The summed E-state index contributed by atoms with van der Waals surface area (Å²) in [6.45, 7) is 5.38. The summed E-state index contributed by atoms with van der Waals surface area (Å²) in [5, 5.41) is 13.6. The number of halogens is 1. The SMILES string of the molecule is CCOC(=O)[C@H]1[C@@H]2OC3(CC2Br)C(C(=O)Nc2c(C)cccc2C)N([C@@H](CO)Cc2ccccc2)C(=O)[C@H]13. The summed E-state index contributed by atoms with van der Waals surface area (Å²) < 4.78 is 11.9. The summed E-state index contributed by atoms with van der Waals surface area (Å²) in [5.41, 5.74) is 2.17. The second-order valence-electron chi connectivity index (χ2n) is 10.4. The fraction of sp³-hybridized carbons (Fsp3) is 0.483. The lowest BCUT2D eigenvalue weighted by Gasteiger charge is -2.37. The van der Waals surface area contributed by atoms with E-state index in [9.17, 15) is 19.5 Å². The highest BCUT2D eigenvalue weighted by Crippen LogP contribution is 2.60. The molecule has 7 atom stereocenters. The number of likely N-dealkylation sites (tertiary alicyclic amines) is 1. The van der Waals surface area contributed by atoms with E-state index in [0.29, 0.717) is 18.5 Å². The van der Waals surface area contributed by atoms with E-state index in [1.807, 2.05) is 62.4 Å². The average molecular weight is 585 g/mol. The number of aliphatic hydroxyl groups is 1. The van der Waals surface area contributed by atoms with Gasteiger partial charge < -0.3 is 24.8 Å². The van der Waals surface area contributed by atoms with Crippen LogP contribution >= 0.6 is 15.9 Å². The van der Waals surface area contributed by atoms with Crippen molar-refractivity contribution >= 4 is 39.4 Å². The molecule has 3 aliphatic rings. The van der Waals surface area contributed by atoms with Crippen LogP contribution in [0.5, 0.6) is 0 Å². The number of esters is 1. The number of amides is 2. The number of hydrogen-bond donors (Lipinski definition) is 2. The summed E-state index contributed by atoms with van der Waals surface area (Å²) in [6.07, 6.45) is 0.154. The Hall–Kier alpha value is -2.75. The molecule has 2 aromatic carbocycles. The molecule has 2 bridgehead atoms. The number of benzene rings is 2. The molecular formula is C29H33BrN2O6. The van der Waals surface area contributed by atoms with Crippen LogP contribution < -0.4 is 5.32 Å². The number of nitrogens with zero attached hydrogens (tertiary/aromatic N) is 1. The predicted octanol–water partition coefficient (Wildman–Crippen LogP) is 3.16. The normalized spacial score (nSPS) is 30.3. The van der Waals surface area contributed by atoms with Gasteiger partial charge in [-0.15, -0.1) is 0 Å². The number of hydrogen-bond acceptors (Lipinski definition) is 6. The summed E-state index contributed by atoms with van der Waals surface area (Å²) >= 11 is 3.66. The molecular weight excluding hydrogens is 552 g/mol. The fourth-order valence-electron chi connectivity index (χ4n) is 6.61. The molecule has 0 aromatic heterocycles. The molecule has 3 fully saturated rings. The molecule has 1 spiro atoms. The number of carbonyl (C=O) groups excluding carboxylic acids is 3. The highest BCUT2D eigenvalue weighted by Gasteiger charge is 2.77. The Morgan fingerprint density at radius 1 is 1.18 bits per heavy atom. The third kappa shape index (κ3) is 4.25. The molecule has 0 saturated carbocycles. The van der Waals surface area contributed by atoms with Crippen LogP contribution in [0.3, 0.4) is 0 Å². The number of carbonyl (C=O) groups is 3. The number of ether oxygens (including phenoxy) is 2. The summed E-state index contributed by atoms with van der Waals surface area (Å²) in [6, 6.07) is 13.6. The minimum absolute atomic E-state index is 0.177. The van der Waals surface area contributed by atoms with Crippen molar-refractivity contribution in [1.29, 1.82) is 0 Å². The molecule has 5 rings (SSSR count). The van der Waals surface area contributed by atoms with E-state index in [1.165, 1.54) is 4.90 Å². The van der Waals surface area contributed by atoms with Crippen molar-refractivity contribution in [1.82, 2.24) is 4.90 Å². The van der Waals surface area contributed by atoms with Gasteiger partial charge >= 0.3 is 5.97 Å². The first kappa shape index (κ1) is 26.8. The van der Waals surface area contributed by atoms with Crippen LogP contribution in [0.4, 0.5) is 5.69 Å². The van der Waals surface area contributed by atoms with E-state index in [0.717, 1.165) is 16.7 Å². The van der Waals surface area contributed by atoms with Gasteiger partial charge in [0, 0.05) is 10.5 Å². The molecule has 0 aliphatic carbocycles. The summed E-state index contributed by atoms with van der Waals surface area (Å²) in [7, 11) is 0. The summed E-state index contributed by atoms with van der Waals surface area (Å²) in [4.78, 5) is 42.8. The Bertz CT molecular complexity index is 1220. The molecule has 2 amide bonds. The minimum Gasteiger partial charge on any atom is -0.466 e. The van der Waals surface area contributed by atoms with Crippen molar-refractivity contribution < 1.29 is 29.0 Å². The van der Waals surface area contributed by atoms with E-state index >= 15 is 0 Å². The van der Waals surface area contributed by atoms with E-state index in [4.69, 9.17) is 9.47 Å². The maximum absolute atomic E-state index is 14.2. The molecule has 9 heteroatoms. The number of alkyl halides is 1. The van der Waals surface area contributed by atoms with Crippen LogP contribution in [-0.2, 0) is 30.3 Å². The van der Waals surface area contributed by atoms with Gasteiger partial charge in [-0.1, -0.05) is 64.5 Å². The molecule has 2 aromatic rings. The van der Waals surface area contributed by atoms with E-state index in [1.54, 1.807) is 6.92 Å². The van der Waals surface area contributed by atoms with E-state index in [-0.39, 0.29) is 23.9 Å². The average Bonchev–Trinajstić information content (AvgIpc) is 3.49. The lowest BCUT2D eigenvalue weighted by atomic mass is 9.70. The third-order valence-electron chi connectivity index (χ3n) is 8.18. The maximum Gasteiger partial charge on any atom is 0.312 e. The molecule has 3 saturated heterocycles. The van der Waals surface area contributed by atoms with Crippen molar-refractivity contribution in [3.63, 3.8) is 0 Å². The van der Waals surface area contributed by atoms with Gasteiger partial charge in [0.2, 0.25) is 11.8 Å². The largest absolute Gasteiger partial charge is 0.466 e. The number of para-hydroxylation sites is 1. The maximum atomic E-state index is 14.2.